The van der Waals surface area contributed by atoms with Crippen LogP contribution in [0, 0.1) is 3.57 Å². The zero-order chi connectivity index (χ0) is 15.1. The van der Waals surface area contributed by atoms with E-state index in [-0.39, 0.29) is 5.41 Å². The standard InChI is InChI=1S/C14H18ClIN4/c1-6-9-10(16)12(15)18-13(17-9)8-7-20(5)19-11(8)14(2,3)4/h7H,6H2,1-5H3. The molecule has 2 rings (SSSR count). The zero-order valence-electron chi connectivity index (χ0n) is 12.3. The highest BCUT2D eigenvalue weighted by atomic mass is 127. The van der Waals surface area contributed by atoms with E-state index in [4.69, 9.17) is 11.6 Å². The average Bonchev–Trinajstić information content (AvgIpc) is 2.74. The molecule has 2 aromatic heterocycles. The van der Waals surface area contributed by atoms with Crippen LogP contribution in [0.5, 0.6) is 0 Å². The van der Waals surface area contributed by atoms with Gasteiger partial charge in [-0.3, -0.25) is 4.68 Å². The predicted octanol–water partition coefficient (Wildman–Crippen LogP) is 4.00. The Morgan fingerprint density at radius 1 is 1.30 bits per heavy atom. The molecule has 0 unspecified atom stereocenters. The van der Waals surface area contributed by atoms with Crippen LogP contribution in [-0.2, 0) is 18.9 Å². The van der Waals surface area contributed by atoms with Gasteiger partial charge in [-0.15, -0.1) is 0 Å². The van der Waals surface area contributed by atoms with Crippen molar-refractivity contribution in [1.29, 1.82) is 0 Å². The van der Waals surface area contributed by atoms with Gasteiger partial charge in [0.25, 0.3) is 0 Å². The normalized spacial score (nSPS) is 11.9. The molecule has 0 N–H and O–H groups in total. The highest BCUT2D eigenvalue weighted by molar-refractivity contribution is 14.1. The first-order valence-corrected chi connectivity index (χ1v) is 7.96. The van der Waals surface area contributed by atoms with Crippen molar-refractivity contribution >= 4 is 34.2 Å². The van der Waals surface area contributed by atoms with Crippen LogP contribution >= 0.6 is 34.2 Å². The van der Waals surface area contributed by atoms with Crippen LogP contribution < -0.4 is 0 Å². The summed E-state index contributed by atoms with van der Waals surface area (Å²) >= 11 is 8.43. The van der Waals surface area contributed by atoms with Crippen LogP contribution in [0.2, 0.25) is 5.15 Å². The van der Waals surface area contributed by atoms with Gasteiger partial charge in [0.15, 0.2) is 5.82 Å². The molecule has 0 spiro atoms. The Kier molecular flexibility index (Phi) is 4.39. The average molecular weight is 405 g/mol. The van der Waals surface area contributed by atoms with Gasteiger partial charge in [0.05, 0.1) is 20.5 Å². The second-order valence-electron chi connectivity index (χ2n) is 5.77. The van der Waals surface area contributed by atoms with Gasteiger partial charge in [-0.25, -0.2) is 9.97 Å². The summed E-state index contributed by atoms with van der Waals surface area (Å²) in [7, 11) is 1.91. The Balaban J connectivity index is 2.66. The summed E-state index contributed by atoms with van der Waals surface area (Å²) in [5, 5.41) is 5.07. The lowest BCUT2D eigenvalue weighted by atomic mass is 9.89. The topological polar surface area (TPSA) is 43.6 Å². The van der Waals surface area contributed by atoms with Gasteiger partial charge in [-0.2, -0.15) is 5.10 Å². The smallest absolute Gasteiger partial charge is 0.164 e. The third-order valence-corrected chi connectivity index (χ3v) is 4.72. The summed E-state index contributed by atoms with van der Waals surface area (Å²) in [6, 6.07) is 0. The molecule has 0 fully saturated rings. The van der Waals surface area contributed by atoms with E-state index in [0.29, 0.717) is 11.0 Å². The summed E-state index contributed by atoms with van der Waals surface area (Å²) in [6.45, 7) is 8.47. The molecule has 0 aromatic carbocycles. The summed E-state index contributed by atoms with van der Waals surface area (Å²) in [6.07, 6.45) is 2.79. The number of hydrogen-bond donors (Lipinski definition) is 0. The highest BCUT2D eigenvalue weighted by Crippen LogP contribution is 2.31. The fraction of sp³-hybridized carbons (Fsp3) is 0.500. The lowest BCUT2D eigenvalue weighted by Crippen LogP contribution is -2.14. The molecule has 0 bridgehead atoms. The number of hydrogen-bond acceptors (Lipinski definition) is 3. The highest BCUT2D eigenvalue weighted by Gasteiger charge is 2.25. The van der Waals surface area contributed by atoms with E-state index in [1.165, 1.54) is 0 Å². The Hall–Kier alpha value is -0.690. The van der Waals surface area contributed by atoms with Crippen molar-refractivity contribution in [3.8, 4) is 11.4 Å². The van der Waals surface area contributed by atoms with Crippen LogP contribution in [0.15, 0.2) is 6.20 Å². The SMILES string of the molecule is CCc1nc(-c2cn(C)nc2C(C)(C)C)nc(Cl)c1I. The van der Waals surface area contributed by atoms with Crippen molar-refractivity contribution in [2.45, 2.75) is 39.5 Å². The summed E-state index contributed by atoms with van der Waals surface area (Å²) in [5.74, 6) is 0.658. The number of aromatic nitrogens is 4. The van der Waals surface area contributed by atoms with E-state index < -0.39 is 0 Å². The van der Waals surface area contributed by atoms with Crippen LogP contribution in [0.4, 0.5) is 0 Å². The van der Waals surface area contributed by atoms with E-state index in [2.05, 4.69) is 65.4 Å². The molecule has 0 aliphatic heterocycles. The maximum atomic E-state index is 6.24. The third kappa shape index (κ3) is 2.98. The second kappa shape index (κ2) is 5.60. The van der Waals surface area contributed by atoms with Gasteiger partial charge < -0.3 is 0 Å². The van der Waals surface area contributed by atoms with Crippen molar-refractivity contribution in [3.05, 3.63) is 26.3 Å². The van der Waals surface area contributed by atoms with Crippen molar-refractivity contribution in [1.82, 2.24) is 19.7 Å². The molecule has 0 saturated heterocycles. The van der Waals surface area contributed by atoms with E-state index in [1.807, 2.05) is 13.2 Å². The number of aryl methyl sites for hydroxylation is 2. The molecule has 0 amide bonds. The molecule has 20 heavy (non-hydrogen) atoms. The Morgan fingerprint density at radius 3 is 2.50 bits per heavy atom. The Bertz CT molecular complexity index is 643. The molecule has 0 aliphatic rings. The maximum Gasteiger partial charge on any atom is 0.164 e. The summed E-state index contributed by atoms with van der Waals surface area (Å²) in [4.78, 5) is 9.09. The first-order valence-electron chi connectivity index (χ1n) is 6.50. The van der Waals surface area contributed by atoms with Crippen LogP contribution in [0.3, 0.4) is 0 Å². The second-order valence-corrected chi connectivity index (χ2v) is 7.20. The molecule has 108 valence electrons. The van der Waals surface area contributed by atoms with Gasteiger partial charge >= 0.3 is 0 Å². The van der Waals surface area contributed by atoms with Crippen molar-refractivity contribution in [2.75, 3.05) is 0 Å². The molecule has 0 atom stereocenters. The first-order chi connectivity index (χ1) is 9.24. The molecule has 2 aromatic rings. The van der Waals surface area contributed by atoms with Crippen LogP contribution in [0.1, 0.15) is 39.1 Å². The van der Waals surface area contributed by atoms with Crippen LogP contribution in [0.25, 0.3) is 11.4 Å². The van der Waals surface area contributed by atoms with Crippen molar-refractivity contribution in [3.63, 3.8) is 0 Å². The van der Waals surface area contributed by atoms with E-state index >= 15 is 0 Å². The fourth-order valence-electron chi connectivity index (χ4n) is 2.02. The van der Waals surface area contributed by atoms with E-state index in [0.717, 1.165) is 26.9 Å². The first kappa shape index (κ1) is 15.7. The molecule has 0 radical (unpaired) electrons. The molecule has 2 heterocycles. The number of rotatable bonds is 2. The minimum Gasteiger partial charge on any atom is -0.275 e. The van der Waals surface area contributed by atoms with Gasteiger partial charge in [-0.05, 0) is 29.0 Å². The zero-order valence-corrected chi connectivity index (χ0v) is 15.2. The van der Waals surface area contributed by atoms with Crippen LogP contribution in [-0.4, -0.2) is 19.7 Å². The fourth-order valence-corrected chi connectivity index (χ4v) is 2.84. The summed E-state index contributed by atoms with van der Waals surface area (Å²) in [5.41, 5.74) is 2.85. The predicted molar refractivity (Wildman–Crippen MR) is 90.0 cm³/mol. The largest absolute Gasteiger partial charge is 0.275 e. The van der Waals surface area contributed by atoms with Crippen molar-refractivity contribution < 1.29 is 0 Å². The van der Waals surface area contributed by atoms with Gasteiger partial charge in [0.1, 0.15) is 5.15 Å². The molecule has 0 aliphatic carbocycles. The van der Waals surface area contributed by atoms with E-state index in [1.54, 1.807) is 4.68 Å². The van der Waals surface area contributed by atoms with E-state index in [9.17, 15) is 0 Å². The minimum absolute atomic E-state index is 0.0677. The number of halogens is 2. The Labute approximate surface area is 138 Å². The quantitative estimate of drug-likeness (QED) is 0.561. The molecule has 0 saturated carbocycles. The lowest BCUT2D eigenvalue weighted by Gasteiger charge is -2.17. The molecular formula is C14H18ClIN4. The lowest BCUT2D eigenvalue weighted by molar-refractivity contribution is 0.554. The van der Waals surface area contributed by atoms with Gasteiger partial charge in [0, 0.05) is 18.7 Å². The van der Waals surface area contributed by atoms with Gasteiger partial charge in [-0.1, -0.05) is 39.3 Å². The summed E-state index contributed by atoms with van der Waals surface area (Å²) < 4.78 is 2.73. The monoisotopic (exact) mass is 404 g/mol. The molecule has 4 nitrogen and oxygen atoms in total. The number of nitrogens with zero attached hydrogens (tertiary/aromatic N) is 4. The molecular weight excluding hydrogens is 387 g/mol. The third-order valence-electron chi connectivity index (χ3n) is 2.99. The van der Waals surface area contributed by atoms with Gasteiger partial charge in [0.2, 0.25) is 0 Å². The van der Waals surface area contributed by atoms with Crippen molar-refractivity contribution in [2.24, 2.45) is 7.05 Å². The minimum atomic E-state index is -0.0677. The maximum absolute atomic E-state index is 6.24. The molecule has 6 heteroatoms. The Morgan fingerprint density at radius 2 is 1.95 bits per heavy atom.